The lowest BCUT2D eigenvalue weighted by Crippen LogP contribution is -2.34. The van der Waals surface area contributed by atoms with Crippen molar-refractivity contribution in [2.24, 2.45) is 0 Å². The van der Waals surface area contributed by atoms with Crippen molar-refractivity contribution >= 4 is 17.4 Å². The number of hydrogen-bond donors (Lipinski definition) is 4. The summed E-state index contributed by atoms with van der Waals surface area (Å²) in [5.74, 6) is -1.67. The first kappa shape index (κ1) is 17.2. The fourth-order valence-corrected chi connectivity index (χ4v) is 2.52. The van der Waals surface area contributed by atoms with Crippen molar-refractivity contribution in [2.75, 3.05) is 10.2 Å². The number of hydrogen-bond acceptors (Lipinski definition) is 4. The molecule has 0 spiro atoms. The van der Waals surface area contributed by atoms with E-state index in [1.807, 2.05) is 60.7 Å². The molecular weight excluding hydrogens is 332 g/mol. The van der Waals surface area contributed by atoms with E-state index >= 15 is 0 Å². The van der Waals surface area contributed by atoms with E-state index in [2.05, 4.69) is 5.32 Å². The summed E-state index contributed by atoms with van der Waals surface area (Å²) in [7, 11) is 0. The molecule has 4 N–H and O–H groups in total. The number of rotatable bonds is 4. The molecule has 0 atom stereocenters. The van der Waals surface area contributed by atoms with Gasteiger partial charge in [0, 0.05) is 17.8 Å². The minimum atomic E-state index is -0.632. The number of benzene rings is 3. The molecule has 3 rings (SSSR count). The van der Waals surface area contributed by atoms with Gasteiger partial charge in [-0.25, -0.2) is 4.79 Å². The standard InChI is InChI=1S/C20H18N2O4/c23-17-11-15(12-18(24)19(17)25)21-20(26)22(16-9-5-2-6-10-16)13-14-7-3-1-4-8-14/h1-12,23-25H,13H2,(H,21,26). The van der Waals surface area contributed by atoms with Crippen molar-refractivity contribution in [3.05, 3.63) is 78.4 Å². The minimum Gasteiger partial charge on any atom is -0.504 e. The maximum atomic E-state index is 12.8. The Labute approximate surface area is 150 Å². The maximum absolute atomic E-state index is 12.8. The number of nitrogens with zero attached hydrogens (tertiary/aromatic N) is 1. The Bertz CT molecular complexity index is 875. The molecule has 0 aromatic heterocycles. The molecule has 132 valence electrons. The fourth-order valence-electron chi connectivity index (χ4n) is 2.52. The third kappa shape index (κ3) is 3.87. The molecule has 3 aromatic carbocycles. The van der Waals surface area contributed by atoms with Crippen LogP contribution in [0.15, 0.2) is 72.8 Å². The Kier molecular flexibility index (Phi) is 4.94. The van der Waals surface area contributed by atoms with Crippen molar-refractivity contribution < 1.29 is 20.1 Å². The predicted octanol–water partition coefficient (Wildman–Crippen LogP) is 4.04. The van der Waals surface area contributed by atoms with Crippen LogP contribution in [0.25, 0.3) is 0 Å². The molecular formula is C20H18N2O4. The van der Waals surface area contributed by atoms with E-state index in [-0.39, 0.29) is 5.69 Å². The van der Waals surface area contributed by atoms with E-state index in [1.165, 1.54) is 17.0 Å². The summed E-state index contributed by atoms with van der Waals surface area (Å²) in [6, 6.07) is 20.6. The monoisotopic (exact) mass is 350 g/mol. The van der Waals surface area contributed by atoms with E-state index in [9.17, 15) is 20.1 Å². The molecule has 0 radical (unpaired) electrons. The molecule has 0 aliphatic rings. The number of nitrogens with one attached hydrogen (secondary N) is 1. The minimum absolute atomic E-state index is 0.164. The molecule has 0 aliphatic heterocycles. The van der Waals surface area contributed by atoms with Gasteiger partial charge in [-0.3, -0.25) is 4.90 Å². The molecule has 6 heteroatoms. The third-order valence-corrected chi connectivity index (χ3v) is 3.82. The molecule has 0 fully saturated rings. The summed E-state index contributed by atoms with van der Waals surface area (Å²) in [5.41, 5.74) is 1.81. The topological polar surface area (TPSA) is 93.0 Å². The molecule has 2 amide bonds. The van der Waals surface area contributed by atoms with E-state index in [0.717, 1.165) is 5.56 Å². The summed E-state index contributed by atoms with van der Waals surface area (Å²) in [6.07, 6.45) is 0. The number of aromatic hydroxyl groups is 3. The van der Waals surface area contributed by atoms with Crippen LogP contribution in [0.4, 0.5) is 16.2 Å². The number of phenols is 3. The number of para-hydroxylation sites is 1. The largest absolute Gasteiger partial charge is 0.504 e. The van der Waals surface area contributed by atoms with Gasteiger partial charge in [0.1, 0.15) is 0 Å². The lowest BCUT2D eigenvalue weighted by atomic mass is 10.2. The maximum Gasteiger partial charge on any atom is 0.326 e. The number of carbonyl (C=O) groups excluding carboxylic acids is 1. The van der Waals surface area contributed by atoms with Gasteiger partial charge in [-0.05, 0) is 17.7 Å². The quantitative estimate of drug-likeness (QED) is 0.422. The summed E-state index contributed by atoms with van der Waals surface area (Å²) in [4.78, 5) is 14.4. The molecule has 0 saturated carbocycles. The molecule has 26 heavy (non-hydrogen) atoms. The Morgan fingerprint density at radius 3 is 1.96 bits per heavy atom. The highest BCUT2D eigenvalue weighted by Crippen LogP contribution is 2.37. The van der Waals surface area contributed by atoms with Gasteiger partial charge in [0.25, 0.3) is 0 Å². The fraction of sp³-hybridized carbons (Fsp3) is 0.0500. The van der Waals surface area contributed by atoms with Gasteiger partial charge < -0.3 is 20.6 Å². The number of urea groups is 1. The zero-order valence-electron chi connectivity index (χ0n) is 13.8. The highest BCUT2D eigenvalue weighted by atomic mass is 16.3. The van der Waals surface area contributed by atoms with Crippen molar-refractivity contribution in [1.29, 1.82) is 0 Å². The van der Waals surface area contributed by atoms with Crippen molar-refractivity contribution in [2.45, 2.75) is 6.54 Å². The number of amides is 2. The van der Waals surface area contributed by atoms with Gasteiger partial charge in [-0.15, -0.1) is 0 Å². The van der Waals surface area contributed by atoms with Gasteiger partial charge in [-0.1, -0.05) is 48.5 Å². The molecule has 6 nitrogen and oxygen atoms in total. The van der Waals surface area contributed by atoms with Crippen LogP contribution < -0.4 is 10.2 Å². The van der Waals surface area contributed by atoms with Crippen molar-refractivity contribution in [1.82, 2.24) is 0 Å². The lowest BCUT2D eigenvalue weighted by Gasteiger charge is -2.23. The van der Waals surface area contributed by atoms with Gasteiger partial charge in [0.05, 0.1) is 12.2 Å². The Hall–Kier alpha value is -3.67. The van der Waals surface area contributed by atoms with Gasteiger partial charge in [0.2, 0.25) is 0 Å². The van der Waals surface area contributed by atoms with Gasteiger partial charge in [-0.2, -0.15) is 0 Å². The lowest BCUT2D eigenvalue weighted by molar-refractivity contribution is 0.256. The molecule has 3 aromatic rings. The summed E-state index contributed by atoms with van der Waals surface area (Å²) in [6.45, 7) is 0.340. The second-order valence-corrected chi connectivity index (χ2v) is 5.70. The second-order valence-electron chi connectivity index (χ2n) is 5.70. The average molecular weight is 350 g/mol. The zero-order valence-corrected chi connectivity index (χ0v) is 13.8. The summed E-state index contributed by atoms with van der Waals surface area (Å²) < 4.78 is 0. The SMILES string of the molecule is O=C(Nc1cc(O)c(O)c(O)c1)N(Cc1ccccc1)c1ccccc1. The van der Waals surface area contributed by atoms with Crippen molar-refractivity contribution in [3.8, 4) is 17.2 Å². The summed E-state index contributed by atoms with van der Waals surface area (Å²) >= 11 is 0. The van der Waals surface area contributed by atoms with Crippen LogP contribution in [0.3, 0.4) is 0 Å². The molecule has 0 bridgehead atoms. The van der Waals surface area contributed by atoms with Crippen LogP contribution in [0.5, 0.6) is 17.2 Å². The Morgan fingerprint density at radius 2 is 1.38 bits per heavy atom. The second kappa shape index (κ2) is 7.48. The van der Waals surface area contributed by atoms with Crippen LogP contribution in [0.1, 0.15) is 5.56 Å². The Balaban J connectivity index is 1.88. The number of carbonyl (C=O) groups is 1. The van der Waals surface area contributed by atoms with Crippen LogP contribution >= 0.6 is 0 Å². The van der Waals surface area contributed by atoms with E-state index < -0.39 is 23.3 Å². The van der Waals surface area contributed by atoms with E-state index in [0.29, 0.717) is 12.2 Å². The highest BCUT2D eigenvalue weighted by Gasteiger charge is 2.18. The molecule has 0 heterocycles. The van der Waals surface area contributed by atoms with Crippen LogP contribution in [-0.2, 0) is 6.54 Å². The van der Waals surface area contributed by atoms with Crippen LogP contribution in [-0.4, -0.2) is 21.4 Å². The number of phenolic OH excluding ortho intramolecular Hbond substituents is 3. The highest BCUT2D eigenvalue weighted by molar-refractivity contribution is 6.02. The molecule has 0 unspecified atom stereocenters. The first-order chi connectivity index (χ1) is 12.5. The normalized spacial score (nSPS) is 10.3. The molecule has 0 saturated heterocycles. The predicted molar refractivity (Wildman–Crippen MR) is 99.5 cm³/mol. The van der Waals surface area contributed by atoms with Gasteiger partial charge in [0.15, 0.2) is 17.2 Å². The summed E-state index contributed by atoms with van der Waals surface area (Å²) in [5, 5.41) is 31.3. The third-order valence-electron chi connectivity index (χ3n) is 3.82. The Morgan fingerprint density at radius 1 is 0.846 bits per heavy atom. The average Bonchev–Trinajstić information content (AvgIpc) is 2.65. The molecule has 0 aliphatic carbocycles. The van der Waals surface area contributed by atoms with Crippen molar-refractivity contribution in [3.63, 3.8) is 0 Å². The first-order valence-corrected chi connectivity index (χ1v) is 7.97. The number of anilines is 2. The van der Waals surface area contributed by atoms with Crippen LogP contribution in [0.2, 0.25) is 0 Å². The smallest absolute Gasteiger partial charge is 0.326 e. The zero-order chi connectivity index (χ0) is 18.5. The first-order valence-electron chi connectivity index (χ1n) is 7.97. The van der Waals surface area contributed by atoms with E-state index in [4.69, 9.17) is 0 Å². The van der Waals surface area contributed by atoms with E-state index in [1.54, 1.807) is 0 Å². The van der Waals surface area contributed by atoms with Crippen LogP contribution in [0, 0.1) is 0 Å². The van der Waals surface area contributed by atoms with Gasteiger partial charge >= 0.3 is 6.03 Å².